The molecular formula is C33H42BrN5O7S. The number of piperidine rings is 2. The number of hydrogen-bond donors (Lipinski definition) is 2. The van der Waals surface area contributed by atoms with Gasteiger partial charge in [0, 0.05) is 70.0 Å². The van der Waals surface area contributed by atoms with E-state index in [1.807, 2.05) is 29.2 Å². The number of ether oxygens (including phenoxy) is 1. The van der Waals surface area contributed by atoms with Crippen LogP contribution in [0.1, 0.15) is 36.8 Å². The number of fused-ring (bicyclic) bond motifs is 1. The molecule has 12 nitrogen and oxygen atoms in total. The Balaban J connectivity index is 1.07. The summed E-state index contributed by atoms with van der Waals surface area (Å²) in [6.45, 7) is 3.43. The van der Waals surface area contributed by atoms with E-state index < -0.39 is 22.0 Å². The van der Waals surface area contributed by atoms with Crippen molar-refractivity contribution in [2.24, 2.45) is 0 Å². The number of carbonyl (C=O) groups is 3. The summed E-state index contributed by atoms with van der Waals surface area (Å²) in [7, 11) is -2.97. The number of anilines is 1. The Morgan fingerprint density at radius 2 is 1.57 bits per heavy atom. The van der Waals surface area contributed by atoms with Crippen molar-refractivity contribution in [1.29, 1.82) is 0 Å². The summed E-state index contributed by atoms with van der Waals surface area (Å²) < 4.78 is 30.2. The molecule has 0 spiro atoms. The first-order chi connectivity index (χ1) is 22.6. The lowest BCUT2D eigenvalue weighted by Crippen LogP contribution is -2.54. The third-order valence-electron chi connectivity index (χ3n) is 9.93. The number of sulfone groups is 1. The zero-order valence-corrected chi connectivity index (χ0v) is 28.8. The van der Waals surface area contributed by atoms with Gasteiger partial charge in [-0.05, 0) is 77.4 Å². The van der Waals surface area contributed by atoms with Crippen LogP contribution in [0.2, 0.25) is 0 Å². The Morgan fingerprint density at radius 1 is 0.915 bits per heavy atom. The maximum atomic E-state index is 13.9. The number of aromatic hydroxyl groups is 1. The van der Waals surface area contributed by atoms with Crippen LogP contribution in [0.5, 0.6) is 5.75 Å². The van der Waals surface area contributed by atoms with E-state index in [0.29, 0.717) is 63.1 Å². The lowest BCUT2D eigenvalue weighted by molar-refractivity contribution is -0.142. The van der Waals surface area contributed by atoms with E-state index in [-0.39, 0.29) is 47.7 Å². The molecule has 1 atom stereocenters. The number of para-hydroxylation sites is 1. The monoisotopic (exact) mass is 731 g/mol. The van der Waals surface area contributed by atoms with Crippen LogP contribution in [-0.4, -0.2) is 127 Å². The minimum Gasteiger partial charge on any atom is -0.507 e. The van der Waals surface area contributed by atoms with E-state index in [0.717, 1.165) is 36.1 Å². The van der Waals surface area contributed by atoms with Gasteiger partial charge in [0.2, 0.25) is 0 Å². The maximum Gasteiger partial charge on any atom is 0.410 e. The van der Waals surface area contributed by atoms with Crippen molar-refractivity contribution >= 4 is 49.5 Å². The number of nitrogens with one attached hydrogen (secondary N) is 1. The fraction of sp³-hybridized carbons (Fsp3) is 0.545. The van der Waals surface area contributed by atoms with Gasteiger partial charge in [0.25, 0.3) is 5.91 Å². The van der Waals surface area contributed by atoms with Gasteiger partial charge in [-0.3, -0.25) is 9.69 Å². The van der Waals surface area contributed by atoms with Crippen LogP contribution < -0.4 is 5.32 Å². The molecule has 4 amide bonds. The van der Waals surface area contributed by atoms with E-state index in [4.69, 9.17) is 4.74 Å². The van der Waals surface area contributed by atoms with Gasteiger partial charge in [-0.2, -0.15) is 0 Å². The van der Waals surface area contributed by atoms with Crippen molar-refractivity contribution < 1.29 is 32.6 Å². The van der Waals surface area contributed by atoms with Crippen LogP contribution in [0, 0.1) is 0 Å². The molecule has 0 radical (unpaired) electrons. The predicted molar refractivity (Wildman–Crippen MR) is 180 cm³/mol. The van der Waals surface area contributed by atoms with Crippen molar-refractivity contribution in [3.63, 3.8) is 0 Å². The van der Waals surface area contributed by atoms with Crippen LogP contribution in [-0.2, 0) is 32.2 Å². The first-order valence-corrected chi connectivity index (χ1v) is 19.0. The van der Waals surface area contributed by atoms with Gasteiger partial charge >= 0.3 is 12.1 Å². The average molecular weight is 733 g/mol. The molecule has 4 aliphatic heterocycles. The quantitative estimate of drug-likeness (QED) is 0.461. The van der Waals surface area contributed by atoms with Crippen LogP contribution in [0.25, 0.3) is 0 Å². The summed E-state index contributed by atoms with van der Waals surface area (Å²) in [5, 5.41) is 13.0. The molecule has 14 heteroatoms. The lowest BCUT2D eigenvalue weighted by atomic mass is 10.0. The van der Waals surface area contributed by atoms with Gasteiger partial charge < -0.3 is 29.9 Å². The lowest BCUT2D eigenvalue weighted by Gasteiger charge is -2.41. The number of nitrogens with zero attached hydrogens (tertiary/aromatic N) is 4. The number of carbonyl (C=O) groups excluding carboxylic acids is 3. The number of benzene rings is 2. The summed E-state index contributed by atoms with van der Waals surface area (Å²) in [5.74, 6) is 0.149. The molecular weight excluding hydrogens is 690 g/mol. The maximum absolute atomic E-state index is 13.9. The van der Waals surface area contributed by atoms with E-state index in [2.05, 4.69) is 26.1 Å². The Labute approximate surface area is 284 Å². The Hall–Kier alpha value is -3.36. The second kappa shape index (κ2) is 14.4. The molecule has 47 heavy (non-hydrogen) atoms. The topological polar surface area (TPSA) is 140 Å². The molecule has 2 aromatic carbocycles. The van der Waals surface area contributed by atoms with E-state index in [9.17, 15) is 27.9 Å². The second-order valence-corrected chi connectivity index (χ2v) is 16.0. The number of likely N-dealkylation sites (tertiary alicyclic amines) is 2. The number of phenols is 1. The molecule has 254 valence electrons. The number of phenolic OH excluding ortho intramolecular Hbond substituents is 1. The number of amides is 4. The van der Waals surface area contributed by atoms with Crippen molar-refractivity contribution in [2.45, 2.75) is 56.7 Å². The first kappa shape index (κ1) is 33.5. The molecule has 0 saturated carbocycles. The Kier molecular flexibility index (Phi) is 10.3. The Morgan fingerprint density at radius 3 is 2.28 bits per heavy atom. The largest absolute Gasteiger partial charge is 0.507 e. The molecule has 0 unspecified atom stereocenters. The van der Waals surface area contributed by atoms with Gasteiger partial charge in [0.05, 0.1) is 16.0 Å². The summed E-state index contributed by atoms with van der Waals surface area (Å²) >= 11 is 3.33. The molecule has 6 rings (SSSR count). The summed E-state index contributed by atoms with van der Waals surface area (Å²) in [5.41, 5.74) is 2.67. The van der Waals surface area contributed by atoms with Gasteiger partial charge in [-0.15, -0.1) is 0 Å². The van der Waals surface area contributed by atoms with Gasteiger partial charge in [0.1, 0.15) is 5.75 Å². The van der Waals surface area contributed by atoms with Crippen molar-refractivity contribution in [1.82, 2.24) is 19.6 Å². The Bertz CT molecular complexity index is 1580. The van der Waals surface area contributed by atoms with E-state index in [1.54, 1.807) is 21.9 Å². The van der Waals surface area contributed by atoms with Crippen molar-refractivity contribution in [3.8, 4) is 5.75 Å². The molecule has 2 N–H and O–H groups in total. The molecule has 4 aliphatic rings. The highest BCUT2D eigenvalue weighted by Crippen LogP contribution is 2.28. The summed E-state index contributed by atoms with van der Waals surface area (Å²) in [4.78, 5) is 47.9. The predicted octanol–water partition coefficient (Wildman–Crippen LogP) is 3.48. The van der Waals surface area contributed by atoms with Crippen LogP contribution in [0.15, 0.2) is 46.9 Å². The van der Waals surface area contributed by atoms with E-state index in [1.165, 1.54) is 6.07 Å². The third kappa shape index (κ3) is 8.03. The van der Waals surface area contributed by atoms with Gasteiger partial charge in [-0.1, -0.05) is 24.3 Å². The smallest absolute Gasteiger partial charge is 0.410 e. The zero-order valence-electron chi connectivity index (χ0n) is 26.4. The molecule has 0 aromatic heterocycles. The standard InChI is InChI=1S/C33H42BrN5O7S/c34-27-21-23(5-6-29(27)40)22-30(31(41)37-12-8-25(9-13-37)36-17-19-47(44,45)20-18-36)46-33(43)38-14-10-26(11-15-38)39-16-7-24-3-1-2-4-28(24)35-32(39)42/h1-6,21,25-26,30,40H,7-20,22H2,(H,35,42)/t30-/m1/s1. The molecule has 4 heterocycles. The summed E-state index contributed by atoms with van der Waals surface area (Å²) in [6, 6.07) is 12.9. The summed E-state index contributed by atoms with van der Waals surface area (Å²) in [6.07, 6.45) is 1.95. The average Bonchev–Trinajstić information content (AvgIpc) is 3.24. The van der Waals surface area contributed by atoms with Crippen LogP contribution >= 0.6 is 15.9 Å². The minimum absolute atomic E-state index is 0.0126. The third-order valence-corrected chi connectivity index (χ3v) is 12.2. The fourth-order valence-electron chi connectivity index (χ4n) is 7.11. The second-order valence-electron chi connectivity index (χ2n) is 12.9. The number of halogens is 1. The van der Waals surface area contributed by atoms with Gasteiger partial charge in [-0.25, -0.2) is 18.0 Å². The molecule has 2 aromatic rings. The number of urea groups is 1. The normalized spacial score (nSPS) is 21.8. The molecule has 0 bridgehead atoms. The fourth-order valence-corrected chi connectivity index (χ4v) is 8.77. The molecule has 0 aliphatic carbocycles. The molecule has 3 saturated heterocycles. The zero-order chi connectivity index (χ0) is 33.1. The van der Waals surface area contributed by atoms with Gasteiger partial charge in [0.15, 0.2) is 15.9 Å². The SMILES string of the molecule is O=C(O[C@H](Cc1ccc(O)c(Br)c1)C(=O)N1CCC(N2CCS(=O)(=O)CC2)CC1)N1CCC(N2CCc3ccccc3NC2=O)CC1. The highest BCUT2D eigenvalue weighted by atomic mass is 79.9. The number of hydrogen-bond acceptors (Lipinski definition) is 8. The highest BCUT2D eigenvalue weighted by Gasteiger charge is 2.37. The minimum atomic E-state index is -2.97. The van der Waals surface area contributed by atoms with Crippen LogP contribution in [0.3, 0.4) is 0 Å². The van der Waals surface area contributed by atoms with E-state index >= 15 is 0 Å². The van der Waals surface area contributed by atoms with Crippen molar-refractivity contribution in [3.05, 3.63) is 58.1 Å². The number of rotatable bonds is 6. The van der Waals surface area contributed by atoms with Crippen molar-refractivity contribution in [2.75, 3.05) is 62.6 Å². The molecule has 3 fully saturated rings. The first-order valence-electron chi connectivity index (χ1n) is 16.4. The van der Waals surface area contributed by atoms with Crippen LogP contribution in [0.4, 0.5) is 15.3 Å². The highest BCUT2D eigenvalue weighted by molar-refractivity contribution is 9.10.